The van der Waals surface area contributed by atoms with Crippen LogP contribution in [0, 0.1) is 11.3 Å². The van der Waals surface area contributed by atoms with Crippen LogP contribution in [-0.2, 0) is 0 Å². The van der Waals surface area contributed by atoms with Gasteiger partial charge in [-0.3, -0.25) is 0 Å². The zero-order valence-corrected chi connectivity index (χ0v) is 27.9. The molecule has 1 heterocycles. The summed E-state index contributed by atoms with van der Waals surface area (Å²) < 4.78 is 0. The third kappa shape index (κ3) is 6.92. The Morgan fingerprint density at radius 1 is 0.694 bits per heavy atom. The first-order chi connectivity index (χ1) is 24.2. The lowest BCUT2D eigenvalue weighted by atomic mass is 9.90. The highest BCUT2D eigenvalue weighted by atomic mass is 32.1. The number of rotatable bonds is 9. The normalized spacial score (nSPS) is 12.0. The Kier molecular flexibility index (Phi) is 9.41. The van der Waals surface area contributed by atoms with Crippen molar-refractivity contribution < 1.29 is 0 Å². The van der Waals surface area contributed by atoms with Gasteiger partial charge < -0.3 is 10.2 Å². The van der Waals surface area contributed by atoms with Crippen molar-refractivity contribution in [1.82, 2.24) is 0 Å². The fourth-order valence-corrected chi connectivity index (χ4v) is 7.33. The van der Waals surface area contributed by atoms with Gasteiger partial charge in [0.2, 0.25) is 0 Å². The van der Waals surface area contributed by atoms with Crippen molar-refractivity contribution in [3.8, 4) is 17.2 Å². The number of nitrogens with one attached hydrogen (secondary N) is 1. The summed E-state index contributed by atoms with van der Waals surface area (Å²) in [6, 6.07) is 52.1. The highest BCUT2D eigenvalue weighted by Gasteiger charge is 2.25. The fourth-order valence-electron chi connectivity index (χ4n) is 6.05. The maximum absolute atomic E-state index is 10.7. The molecule has 1 aromatic heterocycles. The summed E-state index contributed by atoms with van der Waals surface area (Å²) in [4.78, 5) is 8.16. The van der Waals surface area contributed by atoms with Crippen molar-refractivity contribution in [2.75, 3.05) is 16.8 Å². The molecular weight excluding hydrogens is 617 g/mol. The molecule has 5 heteroatoms. The maximum Gasteiger partial charge on any atom is 0.112 e. The van der Waals surface area contributed by atoms with Gasteiger partial charge in [0.1, 0.15) is 11.1 Å². The fraction of sp³-hybridized carbons (Fsp3) is 0.0455. The number of thiophene rings is 1. The number of hydrogen-bond acceptors (Lipinski definition) is 5. The van der Waals surface area contributed by atoms with Crippen LogP contribution in [-0.4, -0.2) is 12.3 Å². The van der Waals surface area contributed by atoms with Gasteiger partial charge in [0.25, 0.3) is 0 Å². The van der Waals surface area contributed by atoms with Gasteiger partial charge in [0, 0.05) is 39.6 Å². The topological polar surface area (TPSA) is 51.4 Å². The minimum atomic E-state index is 0.626. The van der Waals surface area contributed by atoms with E-state index in [1.165, 1.54) is 0 Å². The summed E-state index contributed by atoms with van der Waals surface area (Å²) in [5, 5.41) is 15.0. The quantitative estimate of drug-likeness (QED) is 0.169. The molecular formula is C44H34N4S. The molecule has 1 aliphatic carbocycles. The lowest BCUT2D eigenvalue weighted by Crippen LogP contribution is -2.15. The Morgan fingerprint density at radius 2 is 1.27 bits per heavy atom. The number of anilines is 4. The van der Waals surface area contributed by atoms with Crippen molar-refractivity contribution in [3.05, 3.63) is 191 Å². The van der Waals surface area contributed by atoms with Gasteiger partial charge in [-0.15, -0.1) is 11.3 Å². The lowest BCUT2D eigenvalue weighted by molar-refractivity contribution is 1.02. The van der Waals surface area contributed by atoms with Crippen molar-refractivity contribution in [3.63, 3.8) is 0 Å². The predicted molar refractivity (Wildman–Crippen MR) is 208 cm³/mol. The van der Waals surface area contributed by atoms with Gasteiger partial charge in [-0.05, 0) is 84.3 Å². The summed E-state index contributed by atoms with van der Waals surface area (Å²) in [5.74, 6) is 0. The van der Waals surface area contributed by atoms with Crippen LogP contribution in [0.25, 0.3) is 16.7 Å². The van der Waals surface area contributed by atoms with Gasteiger partial charge in [-0.25, -0.2) is 4.99 Å². The van der Waals surface area contributed by atoms with Gasteiger partial charge in [0.05, 0.1) is 17.0 Å². The van der Waals surface area contributed by atoms with Crippen LogP contribution in [0.5, 0.6) is 0 Å². The zero-order chi connectivity index (χ0) is 33.4. The molecule has 1 aliphatic rings. The number of benzene rings is 5. The Hall–Kier alpha value is -6.22. The van der Waals surface area contributed by atoms with Crippen LogP contribution in [0.15, 0.2) is 180 Å². The highest BCUT2D eigenvalue weighted by molar-refractivity contribution is 7.18. The van der Waals surface area contributed by atoms with Crippen molar-refractivity contribution in [1.29, 1.82) is 5.26 Å². The summed E-state index contributed by atoms with van der Waals surface area (Å²) >= 11 is 1.61. The molecule has 4 nitrogen and oxygen atoms in total. The van der Waals surface area contributed by atoms with E-state index in [-0.39, 0.29) is 0 Å². The van der Waals surface area contributed by atoms with Crippen LogP contribution in [0.1, 0.15) is 22.9 Å². The number of nitriles is 1. The Labute approximate surface area is 292 Å². The van der Waals surface area contributed by atoms with Crippen LogP contribution < -0.4 is 10.2 Å². The summed E-state index contributed by atoms with van der Waals surface area (Å²) in [5.41, 5.74) is 10.7. The predicted octanol–water partition coefficient (Wildman–Crippen LogP) is 11.9. The molecule has 7 rings (SSSR count). The molecule has 0 spiro atoms. The molecule has 0 fully saturated rings. The molecule has 0 amide bonds. The molecule has 0 radical (unpaired) electrons. The average molecular weight is 651 g/mol. The van der Waals surface area contributed by atoms with E-state index in [1.54, 1.807) is 11.3 Å². The second-order valence-corrected chi connectivity index (χ2v) is 12.5. The van der Waals surface area contributed by atoms with E-state index in [2.05, 4.69) is 108 Å². The van der Waals surface area contributed by atoms with Gasteiger partial charge in [0.15, 0.2) is 0 Å². The van der Waals surface area contributed by atoms with Crippen LogP contribution in [0.4, 0.5) is 27.8 Å². The SMILES string of the molecule is CCN(c1ccccc1)c1ccc(C(=C2C=CC(=Nc3ccccc3)C=C2)c2sc(Nc3ccccc3)c(C#N)c2-c2ccccc2)cc1. The Balaban J connectivity index is 1.40. The van der Waals surface area contributed by atoms with Crippen molar-refractivity contribution >= 4 is 50.4 Å². The van der Waals surface area contributed by atoms with Crippen molar-refractivity contribution in [2.24, 2.45) is 4.99 Å². The Morgan fingerprint density at radius 3 is 1.88 bits per heavy atom. The minimum absolute atomic E-state index is 0.626. The van der Waals surface area contributed by atoms with E-state index in [9.17, 15) is 5.26 Å². The second kappa shape index (κ2) is 14.7. The molecule has 5 aromatic carbocycles. The largest absolute Gasteiger partial charge is 0.346 e. The molecule has 0 unspecified atom stereocenters. The number of hydrogen-bond donors (Lipinski definition) is 1. The third-order valence-electron chi connectivity index (χ3n) is 8.36. The third-order valence-corrected chi connectivity index (χ3v) is 9.49. The van der Waals surface area contributed by atoms with Gasteiger partial charge >= 0.3 is 0 Å². The number of aliphatic imine (C=N–C) groups is 1. The van der Waals surface area contributed by atoms with Crippen LogP contribution in [0.2, 0.25) is 0 Å². The Bertz CT molecular complexity index is 2190. The van der Waals surface area contributed by atoms with E-state index >= 15 is 0 Å². The summed E-state index contributed by atoms with van der Waals surface area (Å²) in [6.07, 6.45) is 8.40. The van der Waals surface area contributed by atoms with E-state index in [0.29, 0.717) is 5.56 Å². The van der Waals surface area contributed by atoms with Gasteiger partial charge in [-0.1, -0.05) is 109 Å². The van der Waals surface area contributed by atoms with E-state index in [1.807, 2.05) is 84.9 Å². The second-order valence-electron chi connectivity index (χ2n) is 11.5. The van der Waals surface area contributed by atoms with E-state index in [0.717, 1.165) is 72.7 Å². The van der Waals surface area contributed by atoms with E-state index in [4.69, 9.17) is 4.99 Å². The maximum atomic E-state index is 10.7. The average Bonchev–Trinajstić information content (AvgIpc) is 3.52. The lowest BCUT2D eigenvalue weighted by Gasteiger charge is -2.24. The summed E-state index contributed by atoms with van der Waals surface area (Å²) in [6.45, 7) is 3.01. The van der Waals surface area contributed by atoms with Gasteiger partial charge in [-0.2, -0.15) is 5.26 Å². The highest BCUT2D eigenvalue weighted by Crippen LogP contribution is 2.47. The molecule has 0 bridgehead atoms. The molecule has 49 heavy (non-hydrogen) atoms. The smallest absolute Gasteiger partial charge is 0.112 e. The molecule has 0 saturated heterocycles. The molecule has 6 aromatic rings. The standard InChI is InChI=1S/C44H34N4S/c1-2-48(38-21-13-6-14-22-38)39-29-25-34(26-30-39)41(33-23-27-37(28-24-33)46-35-17-9-4-10-18-35)43-42(32-15-7-3-8-16-32)40(31-45)44(49-43)47-36-19-11-5-12-20-36/h3-30,47H,2H2,1H3. The molecule has 1 N–H and O–H groups in total. The first kappa shape index (κ1) is 31.4. The van der Waals surface area contributed by atoms with Crippen LogP contribution in [0.3, 0.4) is 0 Å². The first-order valence-electron chi connectivity index (χ1n) is 16.3. The molecule has 236 valence electrons. The van der Waals surface area contributed by atoms with Crippen LogP contribution >= 0.6 is 11.3 Å². The molecule has 0 saturated carbocycles. The minimum Gasteiger partial charge on any atom is -0.346 e. The number of nitrogens with zero attached hydrogens (tertiary/aromatic N) is 3. The molecule has 0 aliphatic heterocycles. The van der Waals surface area contributed by atoms with E-state index < -0.39 is 0 Å². The monoisotopic (exact) mass is 650 g/mol. The molecule has 0 atom stereocenters. The number of para-hydroxylation sites is 3. The van der Waals surface area contributed by atoms with Crippen molar-refractivity contribution in [2.45, 2.75) is 6.92 Å². The number of allylic oxidation sites excluding steroid dienone is 5. The summed E-state index contributed by atoms with van der Waals surface area (Å²) in [7, 11) is 0. The zero-order valence-electron chi connectivity index (χ0n) is 27.1. The first-order valence-corrected chi connectivity index (χ1v) is 17.2.